The van der Waals surface area contributed by atoms with Gasteiger partial charge in [0.15, 0.2) is 0 Å². The number of pyridine rings is 1. The maximum atomic E-state index is 13.1. The van der Waals surface area contributed by atoms with Gasteiger partial charge in [0, 0.05) is 30.2 Å². The number of hydrogen-bond donors (Lipinski definition) is 0. The summed E-state index contributed by atoms with van der Waals surface area (Å²) < 4.78 is 1.58. The number of carbonyl (C=O) groups is 1. The lowest BCUT2D eigenvalue weighted by Gasteiger charge is -2.17. The van der Waals surface area contributed by atoms with E-state index in [4.69, 9.17) is 0 Å². The first-order valence-corrected chi connectivity index (χ1v) is 9.31. The zero-order valence-electron chi connectivity index (χ0n) is 15.2. The summed E-state index contributed by atoms with van der Waals surface area (Å²) in [5.41, 5.74) is 4.28. The van der Waals surface area contributed by atoms with Crippen LogP contribution in [-0.2, 0) is 0 Å². The number of fused-ring (bicyclic) bond motifs is 1. The lowest BCUT2D eigenvalue weighted by Crippen LogP contribution is -2.27. The molecule has 1 amide bonds. The molecule has 0 spiro atoms. The van der Waals surface area contributed by atoms with Crippen LogP contribution >= 0.6 is 0 Å². The third kappa shape index (κ3) is 2.90. The van der Waals surface area contributed by atoms with Crippen molar-refractivity contribution in [3.63, 3.8) is 0 Å². The largest absolute Gasteiger partial charge is 0.339 e. The molecule has 0 unspecified atom stereocenters. The number of likely N-dealkylation sites (tertiary alicyclic amines) is 1. The molecule has 28 heavy (non-hydrogen) atoms. The fourth-order valence-electron chi connectivity index (χ4n) is 3.76. The number of benzene rings is 2. The van der Waals surface area contributed by atoms with E-state index >= 15 is 0 Å². The summed E-state index contributed by atoms with van der Waals surface area (Å²) in [6, 6.07) is 15.8. The van der Waals surface area contributed by atoms with Crippen LogP contribution in [0.25, 0.3) is 27.7 Å². The van der Waals surface area contributed by atoms with Crippen molar-refractivity contribution in [3.05, 3.63) is 66.6 Å². The fourth-order valence-corrected chi connectivity index (χ4v) is 3.76. The second kappa shape index (κ2) is 6.84. The molecule has 3 heterocycles. The van der Waals surface area contributed by atoms with Gasteiger partial charge in [-0.15, -0.1) is 5.10 Å². The summed E-state index contributed by atoms with van der Waals surface area (Å²) in [6.45, 7) is 1.61. The molecule has 1 saturated heterocycles. The predicted octanol–water partition coefficient (Wildman–Crippen LogP) is 3.11. The second-order valence-corrected chi connectivity index (χ2v) is 6.90. The monoisotopic (exact) mass is 370 g/mol. The van der Waals surface area contributed by atoms with Crippen molar-refractivity contribution in [1.29, 1.82) is 0 Å². The van der Waals surface area contributed by atoms with Crippen LogP contribution in [0, 0.1) is 0 Å². The third-order valence-corrected chi connectivity index (χ3v) is 5.13. The van der Waals surface area contributed by atoms with Gasteiger partial charge in [-0.2, -0.15) is 0 Å². The van der Waals surface area contributed by atoms with E-state index in [0.29, 0.717) is 5.56 Å². The lowest BCUT2D eigenvalue weighted by atomic mass is 9.97. The van der Waals surface area contributed by atoms with Gasteiger partial charge in [-0.3, -0.25) is 9.78 Å². The maximum Gasteiger partial charge on any atom is 0.253 e. The van der Waals surface area contributed by atoms with E-state index in [0.717, 1.165) is 53.6 Å². The van der Waals surface area contributed by atoms with E-state index in [-0.39, 0.29) is 5.91 Å². The quantitative estimate of drug-likeness (QED) is 0.554. The third-order valence-electron chi connectivity index (χ3n) is 5.13. The van der Waals surface area contributed by atoms with Crippen molar-refractivity contribution in [2.24, 2.45) is 0 Å². The van der Waals surface area contributed by atoms with E-state index in [1.54, 1.807) is 10.9 Å². The Morgan fingerprint density at radius 1 is 1.00 bits per heavy atom. The number of carbonyl (C=O) groups excluding carboxylic acids is 1. The number of amides is 1. The summed E-state index contributed by atoms with van der Waals surface area (Å²) in [6.07, 6.45) is 5.43. The maximum absolute atomic E-state index is 13.1. The van der Waals surface area contributed by atoms with Gasteiger partial charge in [-0.1, -0.05) is 18.2 Å². The van der Waals surface area contributed by atoms with Crippen molar-refractivity contribution in [3.8, 4) is 16.8 Å². The molecule has 2 aromatic carbocycles. The summed E-state index contributed by atoms with van der Waals surface area (Å²) in [7, 11) is 0. The van der Waals surface area contributed by atoms with Crippen LogP contribution in [0.3, 0.4) is 0 Å². The highest BCUT2D eigenvalue weighted by Gasteiger charge is 2.21. The van der Waals surface area contributed by atoms with Crippen molar-refractivity contribution in [1.82, 2.24) is 30.1 Å². The van der Waals surface area contributed by atoms with E-state index in [1.165, 1.54) is 6.33 Å². The van der Waals surface area contributed by atoms with Crippen LogP contribution in [0.15, 0.2) is 61.1 Å². The van der Waals surface area contributed by atoms with Gasteiger partial charge in [0.25, 0.3) is 5.91 Å². The summed E-state index contributed by atoms with van der Waals surface area (Å²) in [4.78, 5) is 19.4. The normalized spacial score (nSPS) is 13.9. The average Bonchev–Trinajstić information content (AvgIpc) is 3.47. The van der Waals surface area contributed by atoms with Gasteiger partial charge in [-0.25, -0.2) is 4.68 Å². The molecule has 4 aromatic rings. The molecule has 0 saturated carbocycles. The van der Waals surface area contributed by atoms with Gasteiger partial charge in [0.05, 0.1) is 11.2 Å². The van der Waals surface area contributed by atoms with E-state index in [2.05, 4.69) is 20.5 Å². The Hall–Kier alpha value is -3.61. The molecule has 0 N–H and O–H groups in total. The van der Waals surface area contributed by atoms with Crippen LogP contribution in [0.4, 0.5) is 0 Å². The molecule has 7 nitrogen and oxygen atoms in total. The Kier molecular flexibility index (Phi) is 4.05. The molecular formula is C21H18N6O. The van der Waals surface area contributed by atoms with E-state index in [9.17, 15) is 4.79 Å². The Morgan fingerprint density at radius 3 is 2.71 bits per heavy atom. The highest BCUT2D eigenvalue weighted by molar-refractivity contribution is 5.99. The number of aromatic nitrogens is 5. The molecular weight excluding hydrogens is 352 g/mol. The molecule has 5 rings (SSSR count). The van der Waals surface area contributed by atoms with Crippen LogP contribution in [-0.4, -0.2) is 49.1 Å². The Balaban J connectivity index is 1.69. The molecule has 7 heteroatoms. The van der Waals surface area contributed by atoms with Crippen molar-refractivity contribution >= 4 is 16.8 Å². The minimum absolute atomic E-state index is 0.0482. The highest BCUT2D eigenvalue weighted by Crippen LogP contribution is 2.30. The van der Waals surface area contributed by atoms with Gasteiger partial charge in [0.1, 0.15) is 6.33 Å². The standard InChI is InChI=1S/C21H18N6O/c28-21(26-9-1-2-10-26)16-11-15(12-17(13-16)27-14-23-24-25-27)18-5-3-7-20-19(18)6-4-8-22-20/h3-8,11-14H,1-2,9-10H2. The zero-order valence-corrected chi connectivity index (χ0v) is 15.2. The minimum atomic E-state index is 0.0482. The van der Waals surface area contributed by atoms with Gasteiger partial charge in [0.2, 0.25) is 0 Å². The van der Waals surface area contributed by atoms with E-state index < -0.39 is 0 Å². The summed E-state index contributed by atoms with van der Waals surface area (Å²) >= 11 is 0. The smallest absolute Gasteiger partial charge is 0.253 e. The molecule has 0 radical (unpaired) electrons. The van der Waals surface area contributed by atoms with Gasteiger partial charge >= 0.3 is 0 Å². The fraction of sp³-hybridized carbons (Fsp3) is 0.190. The Bertz CT molecular complexity index is 1140. The SMILES string of the molecule is O=C(c1cc(-c2cccc3ncccc23)cc(-n2cnnn2)c1)N1CCCC1. The molecule has 138 valence electrons. The number of nitrogens with zero attached hydrogens (tertiary/aromatic N) is 6. The van der Waals surface area contributed by atoms with Crippen molar-refractivity contribution in [2.45, 2.75) is 12.8 Å². The summed E-state index contributed by atoms with van der Waals surface area (Å²) in [5.74, 6) is 0.0482. The molecule has 1 fully saturated rings. The van der Waals surface area contributed by atoms with Crippen LogP contribution < -0.4 is 0 Å². The molecule has 1 aliphatic heterocycles. The predicted molar refractivity (Wildman–Crippen MR) is 105 cm³/mol. The van der Waals surface area contributed by atoms with Crippen LogP contribution in [0.1, 0.15) is 23.2 Å². The first-order chi connectivity index (χ1) is 13.8. The van der Waals surface area contributed by atoms with Gasteiger partial charge in [-0.05, 0) is 64.7 Å². The molecule has 0 aliphatic carbocycles. The topological polar surface area (TPSA) is 76.8 Å². The van der Waals surface area contributed by atoms with Crippen LogP contribution in [0.5, 0.6) is 0 Å². The summed E-state index contributed by atoms with van der Waals surface area (Å²) in [5, 5.41) is 12.5. The molecule has 2 aromatic heterocycles. The minimum Gasteiger partial charge on any atom is -0.339 e. The van der Waals surface area contributed by atoms with Crippen LogP contribution in [0.2, 0.25) is 0 Å². The molecule has 0 bridgehead atoms. The second-order valence-electron chi connectivity index (χ2n) is 6.90. The van der Waals surface area contributed by atoms with E-state index in [1.807, 2.05) is 53.4 Å². The molecule has 0 atom stereocenters. The van der Waals surface area contributed by atoms with Gasteiger partial charge < -0.3 is 4.90 Å². The average molecular weight is 370 g/mol. The number of rotatable bonds is 3. The highest BCUT2D eigenvalue weighted by atomic mass is 16.2. The Morgan fingerprint density at radius 2 is 1.89 bits per heavy atom. The van der Waals surface area contributed by atoms with Crippen molar-refractivity contribution < 1.29 is 4.79 Å². The lowest BCUT2D eigenvalue weighted by molar-refractivity contribution is 0.0793. The zero-order chi connectivity index (χ0) is 18.9. The number of tetrazole rings is 1. The first-order valence-electron chi connectivity index (χ1n) is 9.31. The number of hydrogen-bond acceptors (Lipinski definition) is 5. The molecule has 1 aliphatic rings. The first kappa shape index (κ1) is 16.6. The Labute approximate surface area is 161 Å². The van der Waals surface area contributed by atoms with Crippen molar-refractivity contribution in [2.75, 3.05) is 13.1 Å².